The van der Waals surface area contributed by atoms with Gasteiger partial charge in [-0.15, -0.1) is 0 Å². The predicted molar refractivity (Wildman–Crippen MR) is 187 cm³/mol. The van der Waals surface area contributed by atoms with Crippen molar-refractivity contribution in [3.63, 3.8) is 0 Å². The molecule has 3 aromatic rings. The van der Waals surface area contributed by atoms with E-state index in [1.165, 1.54) is 28.6 Å². The van der Waals surface area contributed by atoms with Gasteiger partial charge in [0.1, 0.15) is 30.3 Å². The van der Waals surface area contributed by atoms with Crippen LogP contribution in [0, 0.1) is 17.2 Å². The summed E-state index contributed by atoms with van der Waals surface area (Å²) in [7, 11) is -0.969. The van der Waals surface area contributed by atoms with Crippen molar-refractivity contribution in [3.8, 4) is 11.5 Å². The fourth-order valence-electron chi connectivity index (χ4n) is 6.10. The molecular weight excluding hydrogens is 618 g/mol. The van der Waals surface area contributed by atoms with Crippen LogP contribution in [0.2, 0.25) is 51.4 Å². The molecule has 1 saturated carbocycles. The number of rotatable bonds is 12. The largest absolute Gasteiger partial charge is 0.443 e. The van der Waals surface area contributed by atoms with E-state index in [-0.39, 0.29) is 6.73 Å². The number of fused-ring (bicyclic) bond motifs is 3. The number of nitrogens with zero attached hydrogens (tertiary/aromatic N) is 5. The lowest BCUT2D eigenvalue weighted by molar-refractivity contribution is 0.0589. The van der Waals surface area contributed by atoms with Gasteiger partial charge in [-0.25, -0.2) is 18.9 Å². The van der Waals surface area contributed by atoms with Gasteiger partial charge in [-0.3, -0.25) is 9.47 Å². The van der Waals surface area contributed by atoms with Crippen LogP contribution in [0.4, 0.5) is 14.9 Å². The predicted octanol–water partition coefficient (Wildman–Crippen LogP) is 8.16. The molecule has 2 heterocycles. The summed E-state index contributed by atoms with van der Waals surface area (Å²) in [5, 5.41) is 5.13. The first-order chi connectivity index (χ1) is 21.2. The topological polar surface area (TPSA) is 83.6 Å². The van der Waals surface area contributed by atoms with Crippen LogP contribution in [0.5, 0.6) is 0 Å². The average Bonchev–Trinajstić information content (AvgIpc) is 3.26. The van der Waals surface area contributed by atoms with Gasteiger partial charge < -0.3 is 14.2 Å². The quantitative estimate of drug-likeness (QED) is 0.143. The molecular formula is C34H54FN5O4Si2. The first-order valence-electron chi connectivity index (χ1n) is 16.7. The van der Waals surface area contributed by atoms with E-state index in [1.807, 2.05) is 9.25 Å². The maximum atomic E-state index is 16.1. The van der Waals surface area contributed by atoms with Gasteiger partial charge in [0.2, 0.25) is 0 Å². The van der Waals surface area contributed by atoms with Gasteiger partial charge in [0.05, 0.1) is 11.2 Å². The molecule has 0 unspecified atom stereocenters. The Labute approximate surface area is 275 Å². The van der Waals surface area contributed by atoms with Crippen LogP contribution in [0.1, 0.15) is 45.4 Å². The Morgan fingerprint density at radius 1 is 1.07 bits per heavy atom. The summed E-state index contributed by atoms with van der Waals surface area (Å²) in [4.78, 5) is 19.2. The highest BCUT2D eigenvalue weighted by Gasteiger charge is 2.54. The molecule has 9 nitrogen and oxygen atoms in total. The van der Waals surface area contributed by atoms with Crippen LogP contribution >= 0.6 is 0 Å². The van der Waals surface area contributed by atoms with Gasteiger partial charge >= 0.3 is 6.09 Å². The fourth-order valence-corrected chi connectivity index (χ4v) is 7.62. The summed E-state index contributed by atoms with van der Waals surface area (Å²) in [6.07, 6.45) is 2.51. The number of halogens is 1. The van der Waals surface area contributed by atoms with Gasteiger partial charge in [0.25, 0.3) is 0 Å². The van der Waals surface area contributed by atoms with Gasteiger partial charge in [-0.1, -0.05) is 46.2 Å². The van der Waals surface area contributed by atoms with Crippen molar-refractivity contribution in [1.29, 1.82) is 0 Å². The van der Waals surface area contributed by atoms with Crippen LogP contribution in [0.15, 0.2) is 12.1 Å². The lowest BCUT2D eigenvalue weighted by Gasteiger charge is -2.24. The van der Waals surface area contributed by atoms with Crippen molar-refractivity contribution in [3.05, 3.63) is 29.2 Å². The standard InChI is InChI=1S/C34H54FN5O4Si2/c1-33(2,3)44-32(41)38(5)24-17-26(35)30-27(18-24)36-31(39(30)21-42-12-14-45(6,7)8)29-25-16-23-19-34(23,4)20-28(25)40(37-29)22-43-13-15-46(9,10)11/h17-18,23H,12-16,19-22H2,1-11H3/t23-,34-/m1/s1. The third-order valence-corrected chi connectivity index (χ3v) is 12.6. The number of amides is 1. The van der Waals surface area contributed by atoms with E-state index in [2.05, 4.69) is 46.2 Å². The molecule has 2 atom stereocenters. The number of aromatic nitrogens is 4. The molecule has 2 aromatic heterocycles. The zero-order valence-electron chi connectivity index (χ0n) is 29.8. The van der Waals surface area contributed by atoms with Gasteiger partial charge in [0.15, 0.2) is 11.6 Å². The van der Waals surface area contributed by atoms with Crippen LogP contribution in [-0.4, -0.2) is 67.4 Å². The smallest absolute Gasteiger partial charge is 0.414 e. The van der Waals surface area contributed by atoms with Crippen molar-refractivity contribution in [2.45, 2.75) is 117 Å². The highest BCUT2D eigenvalue weighted by molar-refractivity contribution is 6.76. The van der Waals surface area contributed by atoms with Crippen molar-refractivity contribution in [2.24, 2.45) is 11.3 Å². The van der Waals surface area contributed by atoms with Crippen molar-refractivity contribution >= 4 is 39.0 Å². The minimum Gasteiger partial charge on any atom is -0.443 e. The van der Waals surface area contributed by atoms with Gasteiger partial charge in [0, 0.05) is 53.7 Å². The number of hydrogen-bond donors (Lipinski definition) is 0. The number of ether oxygens (including phenoxy) is 3. The van der Waals surface area contributed by atoms with E-state index in [4.69, 9.17) is 24.3 Å². The highest BCUT2D eigenvalue weighted by Crippen LogP contribution is 2.60. The Bertz CT molecular complexity index is 1600. The Morgan fingerprint density at radius 3 is 2.30 bits per heavy atom. The first-order valence-corrected chi connectivity index (χ1v) is 24.1. The molecule has 2 aliphatic carbocycles. The van der Waals surface area contributed by atoms with E-state index in [0.29, 0.717) is 53.8 Å². The lowest BCUT2D eigenvalue weighted by atomic mass is 9.87. The van der Waals surface area contributed by atoms with E-state index >= 15 is 4.39 Å². The van der Waals surface area contributed by atoms with E-state index in [0.717, 1.165) is 30.6 Å². The third-order valence-electron chi connectivity index (χ3n) is 9.20. The zero-order valence-corrected chi connectivity index (χ0v) is 31.8. The van der Waals surface area contributed by atoms with Gasteiger partial charge in [-0.2, -0.15) is 5.10 Å². The molecule has 1 aromatic carbocycles. The maximum Gasteiger partial charge on any atom is 0.414 e. The first kappa shape index (κ1) is 34.8. The molecule has 1 fully saturated rings. The molecule has 0 aliphatic heterocycles. The highest BCUT2D eigenvalue weighted by atomic mass is 28.3. The van der Waals surface area contributed by atoms with Crippen LogP contribution in [-0.2, 0) is 40.5 Å². The van der Waals surface area contributed by atoms with Crippen LogP contribution < -0.4 is 4.90 Å². The Kier molecular flexibility index (Phi) is 9.44. The summed E-state index contributed by atoms with van der Waals surface area (Å²) in [5.74, 6) is 0.717. The SMILES string of the molecule is CN(C(=O)OC(C)(C)C)c1cc(F)c2c(c1)nc(-c1nn(COCC[Si](C)(C)C)c3c1C[C@@H]1C[C@]1(C)C3)n2COCC[Si](C)(C)C. The molecule has 0 N–H and O–H groups in total. The second-order valence-corrected chi connectivity index (χ2v) is 28.3. The van der Waals surface area contributed by atoms with Crippen molar-refractivity contribution in [2.75, 3.05) is 25.2 Å². The van der Waals surface area contributed by atoms with Crippen molar-refractivity contribution < 1.29 is 23.4 Å². The molecule has 2 aliphatic rings. The van der Waals surface area contributed by atoms with Crippen molar-refractivity contribution in [1.82, 2.24) is 19.3 Å². The Morgan fingerprint density at radius 2 is 1.70 bits per heavy atom. The minimum absolute atomic E-state index is 0.157. The number of carbonyl (C=O) groups is 1. The monoisotopic (exact) mass is 671 g/mol. The summed E-state index contributed by atoms with van der Waals surface area (Å²) < 4.78 is 37.9. The number of carbonyl (C=O) groups excluding carboxylic acids is 1. The molecule has 12 heteroatoms. The molecule has 254 valence electrons. The number of benzene rings is 1. The van der Waals surface area contributed by atoms with E-state index in [9.17, 15) is 4.79 Å². The second kappa shape index (κ2) is 12.5. The number of hydrogen-bond acceptors (Lipinski definition) is 6. The molecule has 0 bridgehead atoms. The molecule has 0 saturated heterocycles. The number of imidazole rings is 1. The molecule has 1 amide bonds. The van der Waals surface area contributed by atoms with Gasteiger partial charge in [-0.05, 0) is 69.5 Å². The Balaban J connectivity index is 1.55. The molecule has 0 spiro atoms. The van der Waals surface area contributed by atoms with Crippen LogP contribution in [0.25, 0.3) is 22.6 Å². The number of anilines is 1. The van der Waals surface area contributed by atoms with E-state index in [1.54, 1.807) is 33.9 Å². The fraction of sp³-hybridized carbons (Fsp3) is 0.676. The summed E-state index contributed by atoms with van der Waals surface area (Å²) in [6, 6.07) is 5.20. The second-order valence-electron chi connectivity index (χ2n) is 17.1. The molecule has 5 rings (SSSR count). The summed E-state index contributed by atoms with van der Waals surface area (Å²) >= 11 is 0. The summed E-state index contributed by atoms with van der Waals surface area (Å²) in [6.45, 7) is 23.6. The zero-order chi connectivity index (χ0) is 33.8. The minimum atomic E-state index is -1.32. The van der Waals surface area contributed by atoms with Crippen LogP contribution in [0.3, 0.4) is 0 Å². The third kappa shape index (κ3) is 7.94. The molecule has 0 radical (unpaired) electrons. The maximum absolute atomic E-state index is 16.1. The van der Waals surface area contributed by atoms with E-state index < -0.39 is 33.7 Å². The Hall–Kier alpha value is -2.55. The average molecular weight is 672 g/mol. The molecule has 46 heavy (non-hydrogen) atoms. The summed E-state index contributed by atoms with van der Waals surface area (Å²) in [5.41, 5.74) is 3.92. The normalized spacial score (nSPS) is 19.7. The lowest BCUT2D eigenvalue weighted by Crippen LogP contribution is -2.34.